The summed E-state index contributed by atoms with van der Waals surface area (Å²) in [5.74, 6) is 0.924. The van der Waals surface area contributed by atoms with Gasteiger partial charge in [-0.1, -0.05) is 24.3 Å². The van der Waals surface area contributed by atoms with Gasteiger partial charge >= 0.3 is 0 Å². The van der Waals surface area contributed by atoms with Gasteiger partial charge in [-0.05, 0) is 55.7 Å². The van der Waals surface area contributed by atoms with E-state index in [-0.39, 0.29) is 11.8 Å². The molecule has 7 heteroatoms. The van der Waals surface area contributed by atoms with Crippen molar-refractivity contribution in [2.24, 2.45) is 5.92 Å². The molecule has 0 bridgehead atoms. The van der Waals surface area contributed by atoms with E-state index < -0.39 is 0 Å². The molecule has 7 nitrogen and oxygen atoms in total. The summed E-state index contributed by atoms with van der Waals surface area (Å²) in [5.41, 5.74) is 4.88. The van der Waals surface area contributed by atoms with Gasteiger partial charge in [0.05, 0.1) is 17.4 Å². The zero-order chi connectivity index (χ0) is 21.2. The minimum absolute atomic E-state index is 0.00656. The number of carbonyl (C=O) groups is 1. The Labute approximate surface area is 180 Å². The smallest absolute Gasteiger partial charge is 0.227 e. The lowest BCUT2D eigenvalue weighted by Gasteiger charge is -2.31. The standard InChI is InChI=1S/C24H24N6O/c1-16-4-2-3-5-20(16)21-8-9-23(29-28-21)30-12-10-17(11-13-30)24(31)26-19-7-6-18-15-25-27-22(18)14-19/h2-9,14-15,17H,10-13H2,1H3,(H,25,27)(H,26,31). The zero-order valence-corrected chi connectivity index (χ0v) is 17.4. The summed E-state index contributed by atoms with van der Waals surface area (Å²) in [4.78, 5) is 14.9. The van der Waals surface area contributed by atoms with E-state index in [4.69, 9.17) is 0 Å². The summed E-state index contributed by atoms with van der Waals surface area (Å²) in [7, 11) is 0. The number of nitrogens with one attached hydrogen (secondary N) is 2. The van der Waals surface area contributed by atoms with Gasteiger partial charge in [-0.15, -0.1) is 10.2 Å². The predicted octanol–water partition coefficient (Wildman–Crippen LogP) is 4.18. The Hall–Kier alpha value is -3.74. The van der Waals surface area contributed by atoms with Crippen LogP contribution in [0.25, 0.3) is 22.2 Å². The number of aromatic amines is 1. The van der Waals surface area contributed by atoms with Crippen molar-refractivity contribution in [3.63, 3.8) is 0 Å². The van der Waals surface area contributed by atoms with Crippen molar-refractivity contribution in [3.05, 3.63) is 66.4 Å². The van der Waals surface area contributed by atoms with E-state index in [9.17, 15) is 4.79 Å². The highest BCUT2D eigenvalue weighted by molar-refractivity contribution is 5.95. The predicted molar refractivity (Wildman–Crippen MR) is 122 cm³/mol. The van der Waals surface area contributed by atoms with E-state index in [1.54, 1.807) is 6.20 Å². The van der Waals surface area contributed by atoms with Gasteiger partial charge in [0.15, 0.2) is 5.82 Å². The molecule has 2 N–H and O–H groups in total. The van der Waals surface area contributed by atoms with Crippen molar-refractivity contribution in [1.29, 1.82) is 0 Å². The maximum absolute atomic E-state index is 12.7. The third-order valence-electron chi connectivity index (χ3n) is 5.97. The van der Waals surface area contributed by atoms with Gasteiger partial charge in [0, 0.05) is 35.6 Å². The van der Waals surface area contributed by atoms with Crippen molar-refractivity contribution < 1.29 is 4.79 Å². The SMILES string of the molecule is Cc1ccccc1-c1ccc(N2CCC(C(=O)Nc3ccc4cn[nH]c4c3)CC2)nn1. The van der Waals surface area contributed by atoms with Gasteiger partial charge in [0.1, 0.15) is 0 Å². The molecule has 0 saturated carbocycles. The number of aryl methyl sites for hydroxylation is 1. The van der Waals surface area contributed by atoms with Crippen LogP contribution in [0.2, 0.25) is 0 Å². The molecule has 156 valence electrons. The molecule has 2 aromatic carbocycles. The number of fused-ring (bicyclic) bond motifs is 1. The van der Waals surface area contributed by atoms with Crippen LogP contribution in [0.15, 0.2) is 60.8 Å². The average Bonchev–Trinajstić information content (AvgIpc) is 3.28. The fourth-order valence-corrected chi connectivity index (χ4v) is 4.13. The van der Waals surface area contributed by atoms with Crippen LogP contribution in [0.1, 0.15) is 18.4 Å². The Bertz CT molecular complexity index is 1210. The van der Waals surface area contributed by atoms with Gasteiger partial charge in [0.25, 0.3) is 0 Å². The van der Waals surface area contributed by atoms with Gasteiger partial charge in [-0.3, -0.25) is 9.89 Å². The molecule has 1 fully saturated rings. The topological polar surface area (TPSA) is 86.8 Å². The zero-order valence-electron chi connectivity index (χ0n) is 17.4. The Balaban J connectivity index is 1.20. The van der Waals surface area contributed by atoms with Crippen molar-refractivity contribution >= 4 is 28.3 Å². The molecule has 1 amide bonds. The Kier molecular flexibility index (Phi) is 5.08. The lowest BCUT2D eigenvalue weighted by Crippen LogP contribution is -2.38. The van der Waals surface area contributed by atoms with Crippen LogP contribution in [0.3, 0.4) is 0 Å². The molecule has 1 aliphatic rings. The maximum atomic E-state index is 12.7. The van der Waals surface area contributed by atoms with E-state index in [2.05, 4.69) is 49.7 Å². The van der Waals surface area contributed by atoms with Crippen LogP contribution < -0.4 is 10.2 Å². The number of anilines is 2. The van der Waals surface area contributed by atoms with Crippen molar-refractivity contribution in [1.82, 2.24) is 20.4 Å². The molecule has 0 atom stereocenters. The summed E-state index contributed by atoms with van der Waals surface area (Å²) in [5, 5.41) is 19.9. The molecule has 4 aromatic rings. The maximum Gasteiger partial charge on any atom is 0.227 e. The molecule has 1 saturated heterocycles. The number of aromatic nitrogens is 4. The molecule has 31 heavy (non-hydrogen) atoms. The lowest BCUT2D eigenvalue weighted by molar-refractivity contribution is -0.120. The normalized spacial score (nSPS) is 14.7. The number of piperidine rings is 1. The third-order valence-corrected chi connectivity index (χ3v) is 5.97. The molecule has 0 unspecified atom stereocenters. The number of carbonyl (C=O) groups excluding carboxylic acids is 1. The van der Waals surface area contributed by atoms with Crippen LogP contribution in [0.5, 0.6) is 0 Å². The van der Waals surface area contributed by atoms with Gasteiger partial charge in [0.2, 0.25) is 5.91 Å². The second-order valence-electron chi connectivity index (χ2n) is 8.01. The number of hydrogen-bond acceptors (Lipinski definition) is 5. The highest BCUT2D eigenvalue weighted by atomic mass is 16.1. The first kappa shape index (κ1) is 19.2. The van der Waals surface area contributed by atoms with E-state index >= 15 is 0 Å². The Morgan fingerprint density at radius 2 is 1.90 bits per heavy atom. The number of nitrogens with zero attached hydrogens (tertiary/aromatic N) is 4. The molecule has 1 aliphatic heterocycles. The number of benzene rings is 2. The molecule has 5 rings (SSSR count). The van der Waals surface area contributed by atoms with Crippen LogP contribution in [0.4, 0.5) is 11.5 Å². The summed E-state index contributed by atoms with van der Waals surface area (Å²) < 4.78 is 0. The van der Waals surface area contributed by atoms with Crippen molar-refractivity contribution in [2.75, 3.05) is 23.3 Å². The fourth-order valence-electron chi connectivity index (χ4n) is 4.13. The average molecular weight is 412 g/mol. The first-order valence-corrected chi connectivity index (χ1v) is 10.6. The van der Waals surface area contributed by atoms with Crippen molar-refractivity contribution in [3.8, 4) is 11.3 Å². The van der Waals surface area contributed by atoms with Crippen LogP contribution >= 0.6 is 0 Å². The number of rotatable bonds is 4. The molecule has 0 aliphatic carbocycles. The summed E-state index contributed by atoms with van der Waals surface area (Å²) in [6.45, 7) is 3.65. The highest BCUT2D eigenvalue weighted by Gasteiger charge is 2.26. The summed E-state index contributed by atoms with van der Waals surface area (Å²) in [6, 6.07) is 18.0. The quantitative estimate of drug-likeness (QED) is 0.525. The lowest BCUT2D eigenvalue weighted by atomic mass is 9.95. The highest BCUT2D eigenvalue weighted by Crippen LogP contribution is 2.26. The molecular formula is C24H24N6O. The number of H-pyrrole nitrogens is 1. The molecule has 3 heterocycles. The van der Waals surface area contributed by atoms with Gasteiger partial charge < -0.3 is 10.2 Å². The van der Waals surface area contributed by atoms with Crippen LogP contribution in [0, 0.1) is 12.8 Å². The first-order valence-electron chi connectivity index (χ1n) is 10.6. The second kappa shape index (κ2) is 8.18. The minimum Gasteiger partial charge on any atom is -0.355 e. The summed E-state index contributed by atoms with van der Waals surface area (Å²) >= 11 is 0. The number of hydrogen-bond donors (Lipinski definition) is 2. The van der Waals surface area contributed by atoms with E-state index in [1.165, 1.54) is 5.56 Å². The van der Waals surface area contributed by atoms with E-state index in [1.807, 2.05) is 42.5 Å². The fraction of sp³-hybridized carbons (Fsp3) is 0.250. The first-order chi connectivity index (χ1) is 15.2. The van der Waals surface area contributed by atoms with Crippen LogP contribution in [-0.4, -0.2) is 39.4 Å². The van der Waals surface area contributed by atoms with E-state index in [0.29, 0.717) is 0 Å². The number of amides is 1. The van der Waals surface area contributed by atoms with Crippen LogP contribution in [-0.2, 0) is 4.79 Å². The third kappa shape index (κ3) is 3.99. The minimum atomic E-state index is -0.00656. The Morgan fingerprint density at radius 3 is 2.68 bits per heavy atom. The van der Waals surface area contributed by atoms with Gasteiger partial charge in [-0.25, -0.2) is 0 Å². The van der Waals surface area contributed by atoms with E-state index in [0.717, 1.165) is 59.6 Å². The molecular weight excluding hydrogens is 388 g/mol. The second-order valence-corrected chi connectivity index (χ2v) is 8.01. The largest absolute Gasteiger partial charge is 0.355 e. The molecule has 0 radical (unpaired) electrons. The Morgan fingerprint density at radius 1 is 1.06 bits per heavy atom. The monoisotopic (exact) mass is 412 g/mol. The summed E-state index contributed by atoms with van der Waals surface area (Å²) in [6.07, 6.45) is 3.35. The molecule has 2 aromatic heterocycles. The van der Waals surface area contributed by atoms with Gasteiger partial charge in [-0.2, -0.15) is 5.10 Å². The molecule has 0 spiro atoms. The van der Waals surface area contributed by atoms with Crippen molar-refractivity contribution in [2.45, 2.75) is 19.8 Å².